The Hall–Kier alpha value is -3.28. The third kappa shape index (κ3) is 2.19. The summed E-state index contributed by atoms with van der Waals surface area (Å²) in [7, 11) is 0. The molecule has 27 heavy (non-hydrogen) atoms. The Morgan fingerprint density at radius 1 is 1.19 bits per heavy atom. The maximum atomic E-state index is 12.8. The summed E-state index contributed by atoms with van der Waals surface area (Å²) in [5.74, 6) is 1.44. The van der Waals surface area contributed by atoms with Crippen LogP contribution in [0.25, 0.3) is 22.2 Å². The minimum Gasteiger partial charge on any atom is -0.488 e. The van der Waals surface area contributed by atoms with Crippen molar-refractivity contribution in [3.8, 4) is 16.9 Å². The first-order chi connectivity index (χ1) is 13.1. The minimum absolute atomic E-state index is 0.123. The molecule has 0 amide bonds. The molecular weight excluding hydrogens is 342 g/mol. The number of nitrogens with zero attached hydrogens (tertiary/aromatic N) is 2. The molecule has 0 radical (unpaired) electrons. The highest BCUT2D eigenvalue weighted by Gasteiger charge is 2.31. The third-order valence-electron chi connectivity index (χ3n) is 5.33. The highest BCUT2D eigenvalue weighted by Crippen LogP contribution is 2.44. The molecule has 5 rings (SSSR count). The lowest BCUT2D eigenvalue weighted by Gasteiger charge is -2.27. The van der Waals surface area contributed by atoms with E-state index in [4.69, 9.17) is 9.26 Å². The Balaban J connectivity index is 1.85. The molecule has 1 aliphatic heterocycles. The summed E-state index contributed by atoms with van der Waals surface area (Å²) in [6, 6.07) is 11.8. The highest BCUT2D eigenvalue weighted by atomic mass is 16.5. The lowest BCUT2D eigenvalue weighted by molar-refractivity contribution is 0.257. The topological polar surface area (TPSA) is 73.0 Å². The SMILES string of the molecule is Cc1noc(C)c1-c1cc(C)c2[nH]c(=O)n3c2c1OCC3c1ccccc1. The van der Waals surface area contributed by atoms with E-state index in [0.717, 1.165) is 44.7 Å². The van der Waals surface area contributed by atoms with E-state index < -0.39 is 0 Å². The molecule has 1 N–H and O–H groups in total. The molecule has 6 heteroatoms. The molecule has 4 aromatic rings. The number of benzene rings is 2. The Bertz CT molecular complexity index is 1210. The number of hydrogen-bond acceptors (Lipinski definition) is 4. The summed E-state index contributed by atoms with van der Waals surface area (Å²) in [5.41, 5.74) is 6.16. The number of aromatic nitrogens is 3. The molecule has 3 heterocycles. The van der Waals surface area contributed by atoms with Crippen molar-refractivity contribution < 1.29 is 9.26 Å². The molecule has 6 nitrogen and oxygen atoms in total. The molecule has 0 fully saturated rings. The predicted octanol–water partition coefficient (Wildman–Crippen LogP) is 3.89. The van der Waals surface area contributed by atoms with Gasteiger partial charge in [-0.2, -0.15) is 0 Å². The van der Waals surface area contributed by atoms with Gasteiger partial charge >= 0.3 is 5.69 Å². The van der Waals surface area contributed by atoms with Gasteiger partial charge in [0.1, 0.15) is 17.9 Å². The van der Waals surface area contributed by atoms with Gasteiger partial charge < -0.3 is 14.2 Å². The van der Waals surface area contributed by atoms with E-state index in [0.29, 0.717) is 12.4 Å². The van der Waals surface area contributed by atoms with Crippen LogP contribution < -0.4 is 10.4 Å². The molecule has 0 saturated carbocycles. The monoisotopic (exact) mass is 361 g/mol. The van der Waals surface area contributed by atoms with Gasteiger partial charge in [-0.1, -0.05) is 35.5 Å². The third-order valence-corrected chi connectivity index (χ3v) is 5.33. The van der Waals surface area contributed by atoms with Crippen molar-refractivity contribution in [2.24, 2.45) is 0 Å². The van der Waals surface area contributed by atoms with Gasteiger partial charge in [0, 0.05) is 5.56 Å². The second-order valence-corrected chi connectivity index (χ2v) is 7.03. The normalized spacial score (nSPS) is 15.9. The summed E-state index contributed by atoms with van der Waals surface area (Å²) in [6.45, 7) is 6.19. The van der Waals surface area contributed by atoms with Crippen LogP contribution in [0.5, 0.6) is 5.75 Å². The second-order valence-electron chi connectivity index (χ2n) is 7.03. The fourth-order valence-corrected chi connectivity index (χ4v) is 4.09. The van der Waals surface area contributed by atoms with Gasteiger partial charge in [-0.05, 0) is 38.0 Å². The maximum absolute atomic E-state index is 12.8. The van der Waals surface area contributed by atoms with Crippen molar-refractivity contribution in [2.75, 3.05) is 6.61 Å². The lowest BCUT2D eigenvalue weighted by atomic mass is 9.98. The number of H-pyrrole nitrogens is 1. The Labute approximate surface area is 155 Å². The zero-order chi connectivity index (χ0) is 18.7. The van der Waals surface area contributed by atoms with Gasteiger partial charge in [0.15, 0.2) is 5.75 Å². The first kappa shape index (κ1) is 15.9. The van der Waals surface area contributed by atoms with Crippen LogP contribution in [0.3, 0.4) is 0 Å². The summed E-state index contributed by atoms with van der Waals surface area (Å²) < 4.78 is 13.4. The van der Waals surface area contributed by atoms with Crippen molar-refractivity contribution in [3.63, 3.8) is 0 Å². The van der Waals surface area contributed by atoms with Crippen LogP contribution in [0, 0.1) is 20.8 Å². The van der Waals surface area contributed by atoms with Crippen LogP contribution in [0.2, 0.25) is 0 Å². The van der Waals surface area contributed by atoms with Crippen molar-refractivity contribution >= 4 is 11.0 Å². The Kier molecular flexibility index (Phi) is 3.31. The van der Waals surface area contributed by atoms with E-state index in [9.17, 15) is 4.79 Å². The molecule has 1 aliphatic rings. The fourth-order valence-electron chi connectivity index (χ4n) is 4.09. The van der Waals surface area contributed by atoms with E-state index in [1.54, 1.807) is 0 Å². The van der Waals surface area contributed by atoms with Gasteiger partial charge in [-0.15, -0.1) is 0 Å². The first-order valence-electron chi connectivity index (χ1n) is 8.95. The molecule has 0 spiro atoms. The first-order valence-corrected chi connectivity index (χ1v) is 8.95. The van der Waals surface area contributed by atoms with E-state index >= 15 is 0 Å². The number of aromatic amines is 1. The highest BCUT2D eigenvalue weighted by molar-refractivity contribution is 5.94. The summed E-state index contributed by atoms with van der Waals surface area (Å²) in [6.07, 6.45) is 0. The molecule has 2 aromatic carbocycles. The molecular formula is C21H19N3O3. The summed E-state index contributed by atoms with van der Waals surface area (Å²) in [4.78, 5) is 15.9. The zero-order valence-corrected chi connectivity index (χ0v) is 15.4. The molecule has 1 atom stereocenters. The molecule has 0 saturated heterocycles. The van der Waals surface area contributed by atoms with E-state index in [2.05, 4.69) is 10.1 Å². The molecule has 136 valence electrons. The Morgan fingerprint density at radius 3 is 2.67 bits per heavy atom. The lowest BCUT2D eigenvalue weighted by Crippen LogP contribution is -2.30. The van der Waals surface area contributed by atoms with Crippen LogP contribution >= 0.6 is 0 Å². The average molecular weight is 361 g/mol. The van der Waals surface area contributed by atoms with E-state index in [-0.39, 0.29) is 11.7 Å². The zero-order valence-electron chi connectivity index (χ0n) is 15.4. The van der Waals surface area contributed by atoms with Crippen molar-refractivity contribution in [2.45, 2.75) is 26.8 Å². The van der Waals surface area contributed by atoms with Crippen LogP contribution in [-0.4, -0.2) is 21.3 Å². The number of aryl methyl sites for hydroxylation is 3. The number of nitrogens with one attached hydrogen (secondary N) is 1. The average Bonchev–Trinajstić information content (AvgIpc) is 3.20. The quantitative estimate of drug-likeness (QED) is 0.588. The van der Waals surface area contributed by atoms with E-state index in [1.165, 1.54) is 0 Å². The standard InChI is InChI=1S/C21H19N3O3/c1-11-9-15(17-12(2)23-27-13(17)3)20-19-18(11)22-21(25)24(19)16(10-26-20)14-7-5-4-6-8-14/h4-9,16H,10H2,1-3H3,(H,22,25). The van der Waals surface area contributed by atoms with Crippen LogP contribution in [0.15, 0.2) is 45.7 Å². The summed E-state index contributed by atoms with van der Waals surface area (Å²) >= 11 is 0. The number of ether oxygens (including phenoxy) is 1. The summed E-state index contributed by atoms with van der Waals surface area (Å²) in [5, 5.41) is 4.08. The molecule has 1 unspecified atom stereocenters. The fraction of sp³-hybridized carbons (Fsp3) is 0.238. The van der Waals surface area contributed by atoms with Crippen LogP contribution in [0.4, 0.5) is 0 Å². The largest absolute Gasteiger partial charge is 0.488 e. The Morgan fingerprint density at radius 2 is 1.96 bits per heavy atom. The van der Waals surface area contributed by atoms with Gasteiger partial charge in [-0.3, -0.25) is 4.57 Å². The maximum Gasteiger partial charge on any atom is 0.327 e. The second kappa shape index (κ2) is 5.61. The van der Waals surface area contributed by atoms with E-state index in [1.807, 2.05) is 61.7 Å². The predicted molar refractivity (Wildman–Crippen MR) is 102 cm³/mol. The smallest absolute Gasteiger partial charge is 0.327 e. The number of hydrogen-bond donors (Lipinski definition) is 1. The van der Waals surface area contributed by atoms with Crippen molar-refractivity contribution in [1.29, 1.82) is 0 Å². The van der Waals surface area contributed by atoms with Gasteiger partial charge in [0.05, 0.1) is 22.8 Å². The van der Waals surface area contributed by atoms with Crippen LogP contribution in [-0.2, 0) is 0 Å². The number of imidazole rings is 1. The van der Waals surface area contributed by atoms with Crippen molar-refractivity contribution in [3.05, 3.63) is 69.5 Å². The number of rotatable bonds is 2. The molecule has 2 aromatic heterocycles. The van der Waals surface area contributed by atoms with Gasteiger partial charge in [0.25, 0.3) is 0 Å². The van der Waals surface area contributed by atoms with Crippen molar-refractivity contribution in [1.82, 2.24) is 14.7 Å². The minimum atomic E-state index is -0.167. The molecule has 0 bridgehead atoms. The van der Waals surface area contributed by atoms with Gasteiger partial charge in [0.2, 0.25) is 0 Å². The van der Waals surface area contributed by atoms with Gasteiger partial charge in [-0.25, -0.2) is 4.79 Å². The molecule has 0 aliphatic carbocycles. The van der Waals surface area contributed by atoms with Crippen LogP contribution in [0.1, 0.15) is 28.6 Å².